The maximum atomic E-state index is 2.23. The molecule has 0 spiro atoms. The van der Waals surface area contributed by atoms with Crippen LogP contribution in [-0.2, 0) is 0 Å². The third-order valence-electron chi connectivity index (χ3n) is 1.92. The first-order valence-electron chi connectivity index (χ1n) is 6.34. The smallest absolute Gasteiger partial charge is 0.0323 e. The van der Waals surface area contributed by atoms with E-state index in [2.05, 4.69) is 40.7 Å². The summed E-state index contributed by atoms with van der Waals surface area (Å²) < 4.78 is 0. The van der Waals surface area contributed by atoms with E-state index in [0.717, 1.165) is 0 Å². The Morgan fingerprint density at radius 2 is 1.36 bits per heavy atom. The molecule has 0 atom stereocenters. The van der Waals surface area contributed by atoms with Gasteiger partial charge in [-0.15, -0.1) is 0 Å². The molecule has 0 fully saturated rings. The molecule has 0 amide bonds. The summed E-state index contributed by atoms with van der Waals surface area (Å²) in [6, 6.07) is 0. The average molecular weight is 200 g/mol. The molecule has 0 bridgehead atoms. The Morgan fingerprint density at radius 1 is 0.929 bits per heavy atom. The third-order valence-corrected chi connectivity index (χ3v) is 1.92. The van der Waals surface area contributed by atoms with Gasteiger partial charge in [0.1, 0.15) is 0 Å². The summed E-state index contributed by atoms with van der Waals surface area (Å²) in [7, 11) is 0. The second kappa shape index (κ2) is 23.0. The highest BCUT2D eigenvalue weighted by Gasteiger charge is 1.83. The topological polar surface area (TPSA) is 0 Å². The standard InChI is InChI=1S/C8H16.C4H10.C2H6/c1-4-6-7-8(3)5-2;1-3-4-2;1-2/h5H,4,6-7H2,1-3H3;3-4H2,1-2H3;1-2H3/b8-5+;;. The van der Waals surface area contributed by atoms with Gasteiger partial charge < -0.3 is 0 Å². The van der Waals surface area contributed by atoms with Crippen molar-refractivity contribution in [3.63, 3.8) is 0 Å². The SMILES string of the molecule is C/C=C(\C)CCCC.CC.CCCC. The number of allylic oxidation sites excluding steroid dienone is 2. The molecule has 0 aromatic rings. The van der Waals surface area contributed by atoms with Crippen LogP contribution < -0.4 is 0 Å². The van der Waals surface area contributed by atoms with Crippen molar-refractivity contribution in [2.75, 3.05) is 0 Å². The van der Waals surface area contributed by atoms with Crippen LogP contribution in [0, 0.1) is 0 Å². The van der Waals surface area contributed by atoms with Gasteiger partial charge in [0, 0.05) is 0 Å². The van der Waals surface area contributed by atoms with E-state index < -0.39 is 0 Å². The largest absolute Gasteiger partial charge is 0.0887 e. The lowest BCUT2D eigenvalue weighted by atomic mass is 10.1. The minimum absolute atomic E-state index is 1.28. The van der Waals surface area contributed by atoms with E-state index in [0.29, 0.717) is 0 Å². The fraction of sp³-hybridized carbons (Fsp3) is 0.857. The summed E-state index contributed by atoms with van der Waals surface area (Å²) >= 11 is 0. The Balaban J connectivity index is -0.000000170. The second-order valence-corrected chi connectivity index (χ2v) is 3.24. The van der Waals surface area contributed by atoms with E-state index in [1.54, 1.807) is 0 Å². The summed E-state index contributed by atoms with van der Waals surface area (Å²) in [5.74, 6) is 0. The summed E-state index contributed by atoms with van der Waals surface area (Å²) in [5, 5.41) is 0. The molecule has 0 heteroatoms. The van der Waals surface area contributed by atoms with Gasteiger partial charge in [0.15, 0.2) is 0 Å². The molecular weight excluding hydrogens is 168 g/mol. The lowest BCUT2D eigenvalue weighted by Gasteiger charge is -1.94. The van der Waals surface area contributed by atoms with Crippen LogP contribution in [0.4, 0.5) is 0 Å². The third kappa shape index (κ3) is 29.8. The van der Waals surface area contributed by atoms with E-state index in [1.807, 2.05) is 13.8 Å². The van der Waals surface area contributed by atoms with Gasteiger partial charge in [-0.1, -0.05) is 65.5 Å². The van der Waals surface area contributed by atoms with Crippen molar-refractivity contribution in [1.82, 2.24) is 0 Å². The van der Waals surface area contributed by atoms with Crippen LogP contribution in [0.3, 0.4) is 0 Å². The van der Waals surface area contributed by atoms with Crippen LogP contribution in [0.5, 0.6) is 0 Å². The molecule has 0 aliphatic heterocycles. The molecule has 0 unspecified atom stereocenters. The van der Waals surface area contributed by atoms with Crippen molar-refractivity contribution >= 4 is 0 Å². The molecular formula is C14H32. The van der Waals surface area contributed by atoms with Crippen molar-refractivity contribution in [3.05, 3.63) is 11.6 Å². The first-order chi connectivity index (χ1) is 6.72. The summed E-state index contributed by atoms with van der Waals surface area (Å²) in [5.41, 5.74) is 1.52. The predicted molar refractivity (Wildman–Crippen MR) is 70.9 cm³/mol. The minimum Gasteiger partial charge on any atom is -0.0887 e. The van der Waals surface area contributed by atoms with Gasteiger partial charge in [0.2, 0.25) is 0 Å². The van der Waals surface area contributed by atoms with Crippen molar-refractivity contribution in [2.24, 2.45) is 0 Å². The van der Waals surface area contributed by atoms with Crippen LogP contribution in [0.1, 0.15) is 80.6 Å². The van der Waals surface area contributed by atoms with Gasteiger partial charge in [-0.3, -0.25) is 0 Å². The number of hydrogen-bond acceptors (Lipinski definition) is 0. The molecule has 0 radical (unpaired) electrons. The van der Waals surface area contributed by atoms with Crippen LogP contribution in [0.25, 0.3) is 0 Å². The molecule has 0 N–H and O–H groups in total. The highest BCUT2D eigenvalue weighted by Crippen LogP contribution is 2.04. The first kappa shape index (κ1) is 19.3. The van der Waals surface area contributed by atoms with Gasteiger partial charge in [-0.05, 0) is 26.7 Å². The monoisotopic (exact) mass is 200 g/mol. The molecule has 0 saturated carbocycles. The molecule has 0 rings (SSSR count). The molecule has 0 saturated heterocycles. The molecule has 0 aromatic heterocycles. The molecule has 88 valence electrons. The Kier molecular flexibility index (Phi) is 31.7. The van der Waals surface area contributed by atoms with Gasteiger partial charge in [0.05, 0.1) is 0 Å². The predicted octanol–water partition coefficient (Wildman–Crippen LogP) is 5.98. The van der Waals surface area contributed by atoms with Gasteiger partial charge in [-0.25, -0.2) is 0 Å². The Morgan fingerprint density at radius 3 is 1.57 bits per heavy atom. The molecule has 0 heterocycles. The van der Waals surface area contributed by atoms with Crippen molar-refractivity contribution in [3.8, 4) is 0 Å². The zero-order chi connectivity index (χ0) is 11.8. The molecule has 0 aliphatic rings. The quantitative estimate of drug-likeness (QED) is 0.490. The maximum absolute atomic E-state index is 2.23. The number of unbranched alkanes of at least 4 members (excludes halogenated alkanes) is 2. The minimum atomic E-state index is 1.28. The van der Waals surface area contributed by atoms with Crippen molar-refractivity contribution in [2.45, 2.75) is 80.6 Å². The van der Waals surface area contributed by atoms with Crippen LogP contribution >= 0.6 is 0 Å². The van der Waals surface area contributed by atoms with E-state index in [-0.39, 0.29) is 0 Å². The van der Waals surface area contributed by atoms with E-state index in [4.69, 9.17) is 0 Å². The Hall–Kier alpha value is -0.260. The Labute approximate surface area is 92.8 Å². The zero-order valence-corrected chi connectivity index (χ0v) is 11.6. The van der Waals surface area contributed by atoms with Gasteiger partial charge >= 0.3 is 0 Å². The number of hydrogen-bond donors (Lipinski definition) is 0. The lowest BCUT2D eigenvalue weighted by molar-refractivity contribution is 0.786. The average Bonchev–Trinajstić information content (AvgIpc) is 2.28. The Bertz CT molecular complexity index is 88.2. The van der Waals surface area contributed by atoms with E-state index in [9.17, 15) is 0 Å². The van der Waals surface area contributed by atoms with Crippen LogP contribution in [0.2, 0.25) is 0 Å². The highest BCUT2D eigenvalue weighted by atomic mass is 13.9. The molecule has 0 aliphatic carbocycles. The first-order valence-corrected chi connectivity index (χ1v) is 6.34. The summed E-state index contributed by atoms with van der Waals surface area (Å²) in [6.07, 6.45) is 8.77. The summed E-state index contributed by atoms with van der Waals surface area (Å²) in [6.45, 7) is 14.9. The molecule has 0 nitrogen and oxygen atoms in total. The summed E-state index contributed by atoms with van der Waals surface area (Å²) in [4.78, 5) is 0. The normalized spacial score (nSPS) is 9.50. The molecule has 0 aromatic carbocycles. The van der Waals surface area contributed by atoms with Gasteiger partial charge in [0.25, 0.3) is 0 Å². The molecule has 14 heavy (non-hydrogen) atoms. The zero-order valence-electron chi connectivity index (χ0n) is 11.6. The van der Waals surface area contributed by atoms with E-state index >= 15 is 0 Å². The fourth-order valence-corrected chi connectivity index (χ4v) is 0.600. The lowest BCUT2D eigenvalue weighted by Crippen LogP contribution is -1.74. The highest BCUT2D eigenvalue weighted by molar-refractivity contribution is 4.94. The fourth-order valence-electron chi connectivity index (χ4n) is 0.600. The van der Waals surface area contributed by atoms with Gasteiger partial charge in [-0.2, -0.15) is 0 Å². The van der Waals surface area contributed by atoms with Crippen molar-refractivity contribution < 1.29 is 0 Å². The van der Waals surface area contributed by atoms with E-state index in [1.165, 1.54) is 37.7 Å². The van der Waals surface area contributed by atoms with Crippen molar-refractivity contribution in [1.29, 1.82) is 0 Å². The second-order valence-electron chi connectivity index (χ2n) is 3.24. The van der Waals surface area contributed by atoms with Crippen LogP contribution in [-0.4, -0.2) is 0 Å². The van der Waals surface area contributed by atoms with Crippen LogP contribution in [0.15, 0.2) is 11.6 Å². The maximum Gasteiger partial charge on any atom is -0.0323 e. The number of rotatable bonds is 4.